The number of carbonyl (C=O) groups is 1. The Hall–Kier alpha value is -1.55. The van der Waals surface area contributed by atoms with Crippen molar-refractivity contribution in [2.45, 2.75) is 6.42 Å². The molecule has 4 nitrogen and oxygen atoms in total. The second-order valence-corrected chi connectivity index (χ2v) is 4.03. The van der Waals surface area contributed by atoms with Crippen LogP contribution in [0.3, 0.4) is 0 Å². The molecular weight excluding hydrogens is 228 g/mol. The molecule has 0 saturated carbocycles. The summed E-state index contributed by atoms with van der Waals surface area (Å²) in [4.78, 5) is 11.5. The number of hydrogen-bond acceptors (Lipinski definition) is 4. The van der Waals surface area contributed by atoms with Crippen LogP contribution in [0.2, 0.25) is 5.02 Å². The average molecular weight is 239 g/mol. The lowest BCUT2D eigenvalue weighted by Crippen LogP contribution is -2.23. The fraction of sp³-hybridized carbons (Fsp3) is 0.273. The van der Waals surface area contributed by atoms with Crippen LogP contribution in [-0.4, -0.2) is 18.8 Å². The van der Waals surface area contributed by atoms with Gasteiger partial charge in [-0.3, -0.25) is 4.79 Å². The van der Waals surface area contributed by atoms with E-state index >= 15 is 0 Å². The Kier molecular flexibility index (Phi) is 2.83. The third-order valence-corrected chi connectivity index (χ3v) is 2.96. The molecule has 0 saturated heterocycles. The van der Waals surface area contributed by atoms with E-state index in [1.165, 1.54) is 7.11 Å². The van der Waals surface area contributed by atoms with Crippen LogP contribution in [0.15, 0.2) is 23.3 Å². The molecular formula is C11H11ClN2O2. The van der Waals surface area contributed by atoms with Gasteiger partial charge in [-0.25, -0.2) is 0 Å². The zero-order valence-electron chi connectivity index (χ0n) is 8.74. The molecule has 0 fully saturated rings. The van der Waals surface area contributed by atoms with Crippen LogP contribution in [-0.2, 0) is 16.0 Å². The molecule has 0 spiro atoms. The third kappa shape index (κ3) is 1.65. The number of hydrogen-bond donors (Lipinski definition) is 1. The van der Waals surface area contributed by atoms with Gasteiger partial charge in [0.2, 0.25) is 0 Å². The number of esters is 1. The van der Waals surface area contributed by atoms with Crippen molar-refractivity contribution in [3.63, 3.8) is 0 Å². The predicted octanol–water partition coefficient (Wildman–Crippen LogP) is 1.35. The summed E-state index contributed by atoms with van der Waals surface area (Å²) in [6.07, 6.45) is 0.540. The standard InChI is InChI=1S/C11H11ClN2O2/c1-16-11(15)9-5-6-4-7(12)2-3-8(6)10(9)14-13/h2-4,9H,5,13H2,1H3/b14-10-. The minimum Gasteiger partial charge on any atom is -0.468 e. The first-order chi connectivity index (χ1) is 7.67. The third-order valence-electron chi connectivity index (χ3n) is 2.72. The first-order valence-electron chi connectivity index (χ1n) is 4.81. The maximum absolute atomic E-state index is 11.5. The van der Waals surface area contributed by atoms with Gasteiger partial charge in [0.15, 0.2) is 0 Å². The molecule has 0 radical (unpaired) electrons. The predicted molar refractivity (Wildman–Crippen MR) is 61.4 cm³/mol. The molecule has 0 bridgehead atoms. The van der Waals surface area contributed by atoms with Gasteiger partial charge in [0.25, 0.3) is 0 Å². The van der Waals surface area contributed by atoms with Crippen LogP contribution < -0.4 is 5.84 Å². The molecule has 1 aliphatic rings. The molecule has 2 rings (SSSR count). The molecule has 0 amide bonds. The highest BCUT2D eigenvalue weighted by molar-refractivity contribution is 6.31. The summed E-state index contributed by atoms with van der Waals surface area (Å²) in [7, 11) is 1.35. The molecule has 1 aliphatic carbocycles. The average Bonchev–Trinajstić information content (AvgIpc) is 2.65. The van der Waals surface area contributed by atoms with Crippen molar-refractivity contribution < 1.29 is 9.53 Å². The van der Waals surface area contributed by atoms with Crippen molar-refractivity contribution in [1.82, 2.24) is 0 Å². The molecule has 1 atom stereocenters. The minimum atomic E-state index is -0.413. The van der Waals surface area contributed by atoms with Gasteiger partial charge in [0.05, 0.1) is 12.8 Å². The number of methoxy groups -OCH3 is 1. The number of nitrogens with two attached hydrogens (primary N) is 1. The Balaban J connectivity index is 2.44. The van der Waals surface area contributed by atoms with Crippen molar-refractivity contribution in [2.75, 3.05) is 7.11 Å². The van der Waals surface area contributed by atoms with Gasteiger partial charge < -0.3 is 10.6 Å². The summed E-state index contributed by atoms with van der Waals surface area (Å²) in [6, 6.07) is 5.41. The number of benzene rings is 1. The number of ether oxygens (including phenoxy) is 1. The minimum absolute atomic E-state index is 0.323. The summed E-state index contributed by atoms with van der Waals surface area (Å²) in [5, 5.41) is 4.32. The molecule has 1 aromatic rings. The summed E-state index contributed by atoms with van der Waals surface area (Å²) in [5.41, 5.74) is 2.42. The maximum atomic E-state index is 11.5. The zero-order chi connectivity index (χ0) is 11.7. The van der Waals surface area contributed by atoms with E-state index in [9.17, 15) is 4.79 Å². The van der Waals surface area contributed by atoms with Crippen molar-refractivity contribution in [2.24, 2.45) is 16.9 Å². The molecule has 16 heavy (non-hydrogen) atoms. The number of hydrazone groups is 1. The molecule has 5 heteroatoms. The van der Waals surface area contributed by atoms with E-state index in [2.05, 4.69) is 5.10 Å². The Labute approximate surface area is 98.0 Å². The van der Waals surface area contributed by atoms with E-state index in [1.807, 2.05) is 12.1 Å². The van der Waals surface area contributed by atoms with Gasteiger partial charge in [-0.15, -0.1) is 0 Å². The first kappa shape index (κ1) is 11.0. The van der Waals surface area contributed by atoms with E-state index < -0.39 is 5.92 Å². The van der Waals surface area contributed by atoms with Gasteiger partial charge in [0, 0.05) is 10.6 Å². The lowest BCUT2D eigenvalue weighted by atomic mass is 10.1. The molecule has 2 N–H and O–H groups in total. The topological polar surface area (TPSA) is 64.7 Å². The van der Waals surface area contributed by atoms with Crippen LogP contribution in [0.4, 0.5) is 0 Å². The quantitative estimate of drug-likeness (QED) is 0.456. The SMILES string of the molecule is COC(=O)C1Cc2cc(Cl)ccc2/C1=N/N. The number of fused-ring (bicyclic) bond motifs is 1. The lowest BCUT2D eigenvalue weighted by molar-refractivity contribution is -0.142. The summed E-state index contributed by atoms with van der Waals surface area (Å²) in [6.45, 7) is 0. The van der Waals surface area contributed by atoms with Crippen LogP contribution in [0.5, 0.6) is 0 Å². The highest BCUT2D eigenvalue weighted by atomic mass is 35.5. The van der Waals surface area contributed by atoms with Crippen molar-refractivity contribution in [3.05, 3.63) is 34.3 Å². The van der Waals surface area contributed by atoms with Crippen molar-refractivity contribution in [3.8, 4) is 0 Å². The Morgan fingerprint density at radius 2 is 2.38 bits per heavy atom. The van der Waals surface area contributed by atoms with Crippen molar-refractivity contribution in [1.29, 1.82) is 0 Å². The van der Waals surface area contributed by atoms with E-state index in [1.54, 1.807) is 6.07 Å². The molecule has 0 aliphatic heterocycles. The fourth-order valence-corrected chi connectivity index (χ4v) is 2.18. The highest BCUT2D eigenvalue weighted by Crippen LogP contribution is 2.30. The number of nitrogens with zero attached hydrogens (tertiary/aromatic N) is 1. The monoisotopic (exact) mass is 238 g/mol. The fourth-order valence-electron chi connectivity index (χ4n) is 1.98. The van der Waals surface area contributed by atoms with Crippen LogP contribution in [0.25, 0.3) is 0 Å². The summed E-state index contributed by atoms with van der Waals surface area (Å²) < 4.78 is 4.72. The Bertz CT molecular complexity index is 471. The van der Waals surface area contributed by atoms with Crippen LogP contribution in [0.1, 0.15) is 11.1 Å². The van der Waals surface area contributed by atoms with Gasteiger partial charge in [-0.05, 0) is 24.1 Å². The second-order valence-electron chi connectivity index (χ2n) is 3.60. The van der Waals surface area contributed by atoms with Crippen LogP contribution in [0, 0.1) is 5.92 Å². The molecule has 0 aromatic heterocycles. The summed E-state index contributed by atoms with van der Waals surface area (Å²) >= 11 is 5.89. The number of carbonyl (C=O) groups excluding carboxylic acids is 1. The highest BCUT2D eigenvalue weighted by Gasteiger charge is 2.34. The second kappa shape index (κ2) is 4.14. The van der Waals surface area contributed by atoms with Gasteiger partial charge >= 0.3 is 5.97 Å². The Morgan fingerprint density at radius 1 is 1.62 bits per heavy atom. The largest absolute Gasteiger partial charge is 0.468 e. The van der Waals surface area contributed by atoms with E-state index in [0.29, 0.717) is 17.2 Å². The van der Waals surface area contributed by atoms with E-state index in [0.717, 1.165) is 11.1 Å². The number of rotatable bonds is 1. The van der Waals surface area contributed by atoms with Crippen LogP contribution >= 0.6 is 11.6 Å². The van der Waals surface area contributed by atoms with Crippen molar-refractivity contribution >= 4 is 23.3 Å². The smallest absolute Gasteiger partial charge is 0.315 e. The van der Waals surface area contributed by atoms with Gasteiger partial charge in [-0.2, -0.15) is 5.10 Å². The normalized spacial score (nSPS) is 20.9. The summed E-state index contributed by atoms with van der Waals surface area (Å²) in [5.74, 6) is 4.58. The molecule has 0 heterocycles. The van der Waals surface area contributed by atoms with E-state index in [4.69, 9.17) is 22.2 Å². The molecule has 84 valence electrons. The first-order valence-corrected chi connectivity index (χ1v) is 5.19. The molecule has 1 unspecified atom stereocenters. The van der Waals surface area contributed by atoms with Gasteiger partial charge in [-0.1, -0.05) is 17.7 Å². The molecule has 1 aromatic carbocycles. The maximum Gasteiger partial charge on any atom is 0.315 e. The lowest BCUT2D eigenvalue weighted by Gasteiger charge is -2.06. The van der Waals surface area contributed by atoms with E-state index in [-0.39, 0.29) is 5.97 Å². The number of halogens is 1. The zero-order valence-corrected chi connectivity index (χ0v) is 9.49. The van der Waals surface area contributed by atoms with Gasteiger partial charge in [0.1, 0.15) is 5.92 Å². The Morgan fingerprint density at radius 3 is 3.00 bits per heavy atom.